The summed E-state index contributed by atoms with van der Waals surface area (Å²) in [6.45, 7) is 3.08. The van der Waals surface area contributed by atoms with Crippen molar-refractivity contribution in [3.63, 3.8) is 0 Å². The molecule has 0 aliphatic rings. The molecule has 0 aliphatic carbocycles. The van der Waals surface area contributed by atoms with Crippen LogP contribution in [0.3, 0.4) is 0 Å². The molecular weight excluding hydrogens is 275 g/mol. The van der Waals surface area contributed by atoms with Gasteiger partial charge in [0.2, 0.25) is 0 Å². The third-order valence-corrected chi connectivity index (χ3v) is 3.73. The van der Waals surface area contributed by atoms with Gasteiger partial charge in [-0.1, -0.05) is 63.5 Å². The van der Waals surface area contributed by atoms with Crippen molar-refractivity contribution in [2.24, 2.45) is 0 Å². The van der Waals surface area contributed by atoms with Crippen molar-refractivity contribution >= 4 is 23.0 Å². The van der Waals surface area contributed by atoms with Crippen molar-refractivity contribution in [3.05, 3.63) is 23.0 Å². The molecule has 0 unspecified atom stereocenters. The van der Waals surface area contributed by atoms with Gasteiger partial charge in [-0.3, -0.25) is 0 Å². The monoisotopic (exact) mass is 300 g/mol. The second-order valence-corrected chi connectivity index (χ2v) is 5.66. The van der Waals surface area contributed by atoms with Gasteiger partial charge in [0.05, 0.1) is 16.4 Å². The zero-order valence-corrected chi connectivity index (χ0v) is 13.1. The number of nitrogens with two attached hydrogens (primary N) is 1. The van der Waals surface area contributed by atoms with Gasteiger partial charge in [-0.15, -0.1) is 0 Å². The standard InChI is InChI=1S/C16H26ClFN2/c1-2-3-4-5-6-7-8-9-10-20-16-11-13(17)14(18)12-15(16)19/h11-12,20H,2-10,19H2,1H3. The molecule has 0 radical (unpaired) electrons. The Morgan fingerprint density at radius 1 is 1.05 bits per heavy atom. The Hall–Kier alpha value is -0.960. The molecule has 0 fully saturated rings. The van der Waals surface area contributed by atoms with Crippen LogP contribution in [0.5, 0.6) is 0 Å². The minimum atomic E-state index is -0.471. The first kappa shape index (κ1) is 17.1. The Balaban J connectivity index is 2.11. The summed E-state index contributed by atoms with van der Waals surface area (Å²) in [4.78, 5) is 0. The maximum Gasteiger partial charge on any atom is 0.143 e. The highest BCUT2D eigenvalue weighted by molar-refractivity contribution is 6.31. The van der Waals surface area contributed by atoms with Gasteiger partial charge in [0.15, 0.2) is 0 Å². The lowest BCUT2D eigenvalue weighted by molar-refractivity contribution is 0.581. The van der Waals surface area contributed by atoms with E-state index in [0.29, 0.717) is 5.69 Å². The lowest BCUT2D eigenvalue weighted by atomic mass is 10.1. The van der Waals surface area contributed by atoms with Gasteiger partial charge >= 0.3 is 0 Å². The smallest absolute Gasteiger partial charge is 0.143 e. The number of nitrogens with one attached hydrogen (secondary N) is 1. The summed E-state index contributed by atoms with van der Waals surface area (Å²) in [6.07, 6.45) is 10.3. The fourth-order valence-electron chi connectivity index (χ4n) is 2.20. The number of hydrogen-bond donors (Lipinski definition) is 2. The number of nitrogen functional groups attached to an aromatic ring is 1. The lowest BCUT2D eigenvalue weighted by Crippen LogP contribution is -2.04. The molecule has 114 valence electrons. The van der Waals surface area contributed by atoms with Crippen LogP contribution < -0.4 is 11.1 Å². The molecule has 0 aromatic heterocycles. The largest absolute Gasteiger partial charge is 0.397 e. The van der Waals surface area contributed by atoms with E-state index >= 15 is 0 Å². The van der Waals surface area contributed by atoms with Crippen LogP contribution in [-0.4, -0.2) is 6.54 Å². The molecule has 0 atom stereocenters. The maximum atomic E-state index is 13.1. The summed E-state index contributed by atoms with van der Waals surface area (Å²) in [5, 5.41) is 3.32. The van der Waals surface area contributed by atoms with Crippen molar-refractivity contribution in [1.29, 1.82) is 0 Å². The molecule has 0 spiro atoms. The summed E-state index contributed by atoms with van der Waals surface area (Å²) in [6, 6.07) is 2.81. The third-order valence-electron chi connectivity index (χ3n) is 3.44. The fraction of sp³-hybridized carbons (Fsp3) is 0.625. The normalized spacial score (nSPS) is 10.8. The third kappa shape index (κ3) is 6.47. The molecule has 1 rings (SSSR count). The summed E-state index contributed by atoms with van der Waals surface area (Å²) in [5.74, 6) is -0.471. The number of halogens is 2. The van der Waals surface area contributed by atoms with Crippen LogP contribution in [0.1, 0.15) is 58.3 Å². The molecule has 2 nitrogen and oxygen atoms in total. The highest BCUT2D eigenvalue weighted by Gasteiger charge is 2.05. The zero-order valence-electron chi connectivity index (χ0n) is 12.4. The van der Waals surface area contributed by atoms with Gasteiger partial charge in [-0.25, -0.2) is 4.39 Å². The van der Waals surface area contributed by atoms with Crippen molar-refractivity contribution in [1.82, 2.24) is 0 Å². The molecule has 1 aromatic rings. The Morgan fingerprint density at radius 3 is 2.30 bits per heavy atom. The number of benzene rings is 1. The van der Waals surface area contributed by atoms with Crippen molar-refractivity contribution in [2.75, 3.05) is 17.6 Å². The minimum absolute atomic E-state index is 0.109. The quantitative estimate of drug-likeness (QED) is 0.435. The molecule has 0 bridgehead atoms. The number of hydrogen-bond acceptors (Lipinski definition) is 2. The number of rotatable bonds is 10. The van der Waals surface area contributed by atoms with Gasteiger partial charge in [0, 0.05) is 12.6 Å². The van der Waals surface area contributed by atoms with Crippen LogP contribution in [0.2, 0.25) is 5.02 Å². The Morgan fingerprint density at radius 2 is 1.65 bits per heavy atom. The van der Waals surface area contributed by atoms with Crippen LogP contribution in [0.15, 0.2) is 12.1 Å². The first-order valence-electron chi connectivity index (χ1n) is 7.63. The number of unbranched alkanes of at least 4 members (excludes halogenated alkanes) is 7. The predicted molar refractivity (Wildman–Crippen MR) is 86.9 cm³/mol. The molecule has 0 heterocycles. The van der Waals surface area contributed by atoms with Gasteiger partial charge in [0.25, 0.3) is 0 Å². The highest BCUT2D eigenvalue weighted by Crippen LogP contribution is 2.26. The van der Waals surface area contributed by atoms with E-state index in [0.717, 1.165) is 18.7 Å². The zero-order chi connectivity index (χ0) is 14.8. The Bertz CT molecular complexity index is 396. The summed E-state index contributed by atoms with van der Waals surface area (Å²) in [5.41, 5.74) is 6.87. The Labute approximate surface area is 126 Å². The van der Waals surface area contributed by atoms with E-state index in [4.69, 9.17) is 17.3 Å². The predicted octanol–water partition coefficient (Wildman–Crippen LogP) is 5.61. The van der Waals surface area contributed by atoms with E-state index in [2.05, 4.69) is 12.2 Å². The second kappa shape index (κ2) is 9.87. The molecule has 0 saturated heterocycles. The van der Waals surface area contributed by atoms with E-state index in [1.54, 1.807) is 6.07 Å². The van der Waals surface area contributed by atoms with E-state index in [-0.39, 0.29) is 5.02 Å². The second-order valence-electron chi connectivity index (χ2n) is 5.26. The first-order valence-corrected chi connectivity index (χ1v) is 8.01. The molecule has 0 amide bonds. The molecule has 0 saturated carbocycles. The molecule has 1 aromatic carbocycles. The molecule has 4 heteroatoms. The average Bonchev–Trinajstić information content (AvgIpc) is 2.42. The van der Waals surface area contributed by atoms with Crippen LogP contribution in [0, 0.1) is 5.82 Å². The SMILES string of the molecule is CCCCCCCCCCNc1cc(Cl)c(F)cc1N. The first-order chi connectivity index (χ1) is 9.65. The van der Waals surface area contributed by atoms with Crippen LogP contribution in [0.25, 0.3) is 0 Å². The molecule has 3 N–H and O–H groups in total. The Kier molecular flexibility index (Phi) is 8.43. The van der Waals surface area contributed by atoms with Crippen LogP contribution >= 0.6 is 11.6 Å². The van der Waals surface area contributed by atoms with Crippen molar-refractivity contribution in [3.8, 4) is 0 Å². The highest BCUT2D eigenvalue weighted by atomic mass is 35.5. The molecule has 20 heavy (non-hydrogen) atoms. The van der Waals surface area contributed by atoms with E-state index < -0.39 is 5.82 Å². The van der Waals surface area contributed by atoms with Gasteiger partial charge < -0.3 is 11.1 Å². The van der Waals surface area contributed by atoms with E-state index in [1.165, 1.54) is 51.0 Å². The van der Waals surface area contributed by atoms with Crippen LogP contribution in [0.4, 0.5) is 15.8 Å². The van der Waals surface area contributed by atoms with Gasteiger partial charge in [-0.2, -0.15) is 0 Å². The van der Waals surface area contributed by atoms with Gasteiger partial charge in [-0.05, 0) is 12.5 Å². The average molecular weight is 301 g/mol. The minimum Gasteiger partial charge on any atom is -0.397 e. The van der Waals surface area contributed by atoms with Crippen LogP contribution in [-0.2, 0) is 0 Å². The number of anilines is 2. The summed E-state index contributed by atoms with van der Waals surface area (Å²) >= 11 is 5.74. The summed E-state index contributed by atoms with van der Waals surface area (Å²) < 4.78 is 13.1. The topological polar surface area (TPSA) is 38.0 Å². The summed E-state index contributed by atoms with van der Waals surface area (Å²) in [7, 11) is 0. The van der Waals surface area contributed by atoms with E-state index in [1.807, 2.05) is 0 Å². The van der Waals surface area contributed by atoms with E-state index in [9.17, 15) is 4.39 Å². The lowest BCUT2D eigenvalue weighted by Gasteiger charge is -2.10. The van der Waals surface area contributed by atoms with Crippen molar-refractivity contribution in [2.45, 2.75) is 58.3 Å². The molecule has 0 aliphatic heterocycles. The van der Waals surface area contributed by atoms with Crippen molar-refractivity contribution < 1.29 is 4.39 Å². The molecular formula is C16H26ClFN2. The maximum absolute atomic E-state index is 13.1. The fourth-order valence-corrected chi connectivity index (χ4v) is 2.36. The van der Waals surface area contributed by atoms with Gasteiger partial charge in [0.1, 0.15) is 5.82 Å².